The third-order valence-electron chi connectivity index (χ3n) is 2.17. The van der Waals surface area contributed by atoms with E-state index in [1.54, 1.807) is 7.11 Å². The van der Waals surface area contributed by atoms with Gasteiger partial charge in [0.1, 0.15) is 0 Å². The molecule has 4 heteroatoms. The Morgan fingerprint density at radius 3 is 2.38 bits per heavy atom. The fourth-order valence-corrected chi connectivity index (χ4v) is 1.29. The summed E-state index contributed by atoms with van der Waals surface area (Å²) in [7, 11) is 5.81. The zero-order valence-corrected chi connectivity index (χ0v) is 11.5. The minimum absolute atomic E-state index is 0.156. The van der Waals surface area contributed by atoms with Gasteiger partial charge in [-0.05, 0) is 26.6 Å². The quantitative estimate of drug-likeness (QED) is 0.605. The van der Waals surface area contributed by atoms with Crippen molar-refractivity contribution in [1.82, 2.24) is 10.2 Å². The van der Waals surface area contributed by atoms with E-state index in [4.69, 9.17) is 9.47 Å². The molecule has 0 aromatic rings. The van der Waals surface area contributed by atoms with Crippen LogP contribution in [0.2, 0.25) is 0 Å². The van der Waals surface area contributed by atoms with Crippen molar-refractivity contribution in [3.8, 4) is 0 Å². The van der Waals surface area contributed by atoms with Crippen molar-refractivity contribution in [2.45, 2.75) is 20.0 Å². The lowest BCUT2D eigenvalue weighted by Gasteiger charge is -2.19. The third-order valence-corrected chi connectivity index (χ3v) is 2.17. The molecule has 16 heavy (non-hydrogen) atoms. The second-order valence-corrected chi connectivity index (χ2v) is 4.80. The van der Waals surface area contributed by atoms with Gasteiger partial charge in [0.2, 0.25) is 0 Å². The zero-order chi connectivity index (χ0) is 12.4. The van der Waals surface area contributed by atoms with E-state index in [0.29, 0.717) is 12.5 Å². The molecule has 0 aliphatic heterocycles. The Morgan fingerprint density at radius 2 is 1.88 bits per heavy atom. The summed E-state index contributed by atoms with van der Waals surface area (Å²) in [5.41, 5.74) is 0. The number of nitrogens with zero attached hydrogens (tertiary/aromatic N) is 1. The lowest BCUT2D eigenvalue weighted by atomic mass is 10.2. The first-order chi connectivity index (χ1) is 7.56. The minimum Gasteiger partial charge on any atom is -0.382 e. The van der Waals surface area contributed by atoms with E-state index in [2.05, 4.69) is 24.1 Å². The maximum absolute atomic E-state index is 5.75. The van der Waals surface area contributed by atoms with Gasteiger partial charge in [-0.3, -0.25) is 0 Å². The molecule has 98 valence electrons. The topological polar surface area (TPSA) is 33.7 Å². The van der Waals surface area contributed by atoms with Gasteiger partial charge in [0, 0.05) is 20.2 Å². The number of hydrogen-bond acceptors (Lipinski definition) is 4. The molecule has 0 aliphatic carbocycles. The van der Waals surface area contributed by atoms with E-state index in [9.17, 15) is 0 Å². The van der Waals surface area contributed by atoms with Gasteiger partial charge >= 0.3 is 0 Å². The van der Waals surface area contributed by atoms with Crippen molar-refractivity contribution in [3.63, 3.8) is 0 Å². The molecule has 0 radical (unpaired) electrons. The van der Waals surface area contributed by atoms with Crippen LogP contribution in [0, 0.1) is 5.92 Å². The predicted molar refractivity (Wildman–Crippen MR) is 67.9 cm³/mol. The Hall–Kier alpha value is -0.160. The number of rotatable bonds is 10. The highest BCUT2D eigenvalue weighted by Gasteiger charge is 2.08. The van der Waals surface area contributed by atoms with Gasteiger partial charge in [-0.15, -0.1) is 0 Å². The predicted octanol–water partition coefficient (Wildman–Crippen LogP) is 0.825. The van der Waals surface area contributed by atoms with E-state index < -0.39 is 0 Å². The number of hydrogen-bond donors (Lipinski definition) is 1. The highest BCUT2D eigenvalue weighted by molar-refractivity contribution is 4.62. The molecule has 0 saturated carbocycles. The zero-order valence-electron chi connectivity index (χ0n) is 11.5. The van der Waals surface area contributed by atoms with Crippen LogP contribution in [0.1, 0.15) is 13.8 Å². The van der Waals surface area contributed by atoms with Gasteiger partial charge in [-0.25, -0.2) is 0 Å². The molecule has 0 amide bonds. The summed E-state index contributed by atoms with van der Waals surface area (Å²) in [5.74, 6) is 0.671. The molecule has 1 unspecified atom stereocenters. The molecule has 0 bridgehead atoms. The van der Waals surface area contributed by atoms with Crippen molar-refractivity contribution in [1.29, 1.82) is 0 Å². The smallest absolute Gasteiger partial charge is 0.0932 e. The molecular formula is C12H28N2O2. The monoisotopic (exact) mass is 232 g/mol. The van der Waals surface area contributed by atoms with Crippen LogP contribution in [0.25, 0.3) is 0 Å². The van der Waals surface area contributed by atoms with Gasteiger partial charge in [0.05, 0.1) is 19.3 Å². The number of likely N-dealkylation sites (N-methyl/N-ethyl adjacent to an activating group) is 1. The van der Waals surface area contributed by atoms with Gasteiger partial charge in [-0.2, -0.15) is 0 Å². The Bertz CT molecular complexity index is 138. The molecule has 0 aliphatic rings. The largest absolute Gasteiger partial charge is 0.382 e. The van der Waals surface area contributed by atoms with E-state index >= 15 is 0 Å². The van der Waals surface area contributed by atoms with Gasteiger partial charge in [-0.1, -0.05) is 13.8 Å². The standard InChI is InChI=1S/C12H28N2O2/c1-11(2)8-13-9-12(10-15-5)16-7-6-14(3)4/h11-13H,6-10H2,1-5H3. The minimum atomic E-state index is 0.156. The number of ether oxygens (including phenoxy) is 2. The molecule has 0 aromatic heterocycles. The molecular weight excluding hydrogens is 204 g/mol. The average molecular weight is 232 g/mol. The highest BCUT2D eigenvalue weighted by Crippen LogP contribution is 1.94. The van der Waals surface area contributed by atoms with Crippen LogP contribution in [0.4, 0.5) is 0 Å². The highest BCUT2D eigenvalue weighted by atomic mass is 16.5. The van der Waals surface area contributed by atoms with Crippen molar-refractivity contribution in [2.24, 2.45) is 5.92 Å². The van der Waals surface area contributed by atoms with Crippen LogP contribution in [-0.4, -0.2) is 65.1 Å². The molecule has 0 rings (SSSR count). The van der Waals surface area contributed by atoms with Crippen LogP contribution < -0.4 is 5.32 Å². The maximum atomic E-state index is 5.75. The van der Waals surface area contributed by atoms with Crippen LogP contribution in [0.5, 0.6) is 0 Å². The molecule has 1 atom stereocenters. The Labute approximate surface area is 100 Å². The normalized spacial score (nSPS) is 13.7. The summed E-state index contributed by atoms with van der Waals surface area (Å²) in [6, 6.07) is 0. The molecule has 0 saturated heterocycles. The Balaban J connectivity index is 3.61. The second kappa shape index (κ2) is 10.0. The number of methoxy groups -OCH3 is 1. The maximum Gasteiger partial charge on any atom is 0.0932 e. The summed E-state index contributed by atoms with van der Waals surface area (Å²) in [6.45, 7) is 8.64. The fraction of sp³-hybridized carbons (Fsp3) is 1.00. The first kappa shape index (κ1) is 15.8. The lowest BCUT2D eigenvalue weighted by Crippen LogP contribution is -2.35. The first-order valence-electron chi connectivity index (χ1n) is 6.02. The van der Waals surface area contributed by atoms with E-state index in [-0.39, 0.29) is 6.10 Å². The SMILES string of the molecule is COCC(CNCC(C)C)OCCN(C)C. The van der Waals surface area contributed by atoms with Crippen molar-refractivity contribution < 1.29 is 9.47 Å². The van der Waals surface area contributed by atoms with Crippen LogP contribution in [-0.2, 0) is 9.47 Å². The second-order valence-electron chi connectivity index (χ2n) is 4.80. The van der Waals surface area contributed by atoms with E-state index in [1.807, 2.05) is 14.1 Å². The lowest BCUT2D eigenvalue weighted by molar-refractivity contribution is -0.00573. The average Bonchev–Trinajstić information content (AvgIpc) is 2.16. The summed E-state index contributed by atoms with van der Waals surface area (Å²) in [4.78, 5) is 2.12. The van der Waals surface area contributed by atoms with E-state index in [1.165, 1.54) is 0 Å². The summed E-state index contributed by atoms with van der Waals surface area (Å²) >= 11 is 0. The van der Waals surface area contributed by atoms with E-state index in [0.717, 1.165) is 26.2 Å². The summed E-state index contributed by atoms with van der Waals surface area (Å²) in [5, 5.41) is 3.39. The summed E-state index contributed by atoms with van der Waals surface area (Å²) < 4.78 is 10.9. The van der Waals surface area contributed by atoms with Crippen molar-refractivity contribution >= 4 is 0 Å². The summed E-state index contributed by atoms with van der Waals surface area (Å²) in [6.07, 6.45) is 0.156. The van der Waals surface area contributed by atoms with Gasteiger partial charge in [0.25, 0.3) is 0 Å². The Kier molecular flexibility index (Phi) is 9.92. The van der Waals surface area contributed by atoms with Crippen molar-refractivity contribution in [2.75, 3.05) is 54.1 Å². The van der Waals surface area contributed by atoms with Crippen LogP contribution in [0.3, 0.4) is 0 Å². The first-order valence-corrected chi connectivity index (χ1v) is 6.02. The molecule has 0 aromatic carbocycles. The number of nitrogens with one attached hydrogen (secondary N) is 1. The molecule has 0 fully saturated rings. The van der Waals surface area contributed by atoms with Crippen LogP contribution in [0.15, 0.2) is 0 Å². The van der Waals surface area contributed by atoms with Crippen LogP contribution >= 0.6 is 0 Å². The third kappa shape index (κ3) is 10.4. The van der Waals surface area contributed by atoms with Gasteiger partial charge in [0.15, 0.2) is 0 Å². The molecule has 0 spiro atoms. The molecule has 1 N–H and O–H groups in total. The molecule has 0 heterocycles. The van der Waals surface area contributed by atoms with Gasteiger partial charge < -0.3 is 19.7 Å². The fourth-order valence-electron chi connectivity index (χ4n) is 1.29. The molecule has 4 nitrogen and oxygen atoms in total. The van der Waals surface area contributed by atoms with Crippen molar-refractivity contribution in [3.05, 3.63) is 0 Å². The Morgan fingerprint density at radius 1 is 1.19 bits per heavy atom.